The Hall–Kier alpha value is -1.84. The SMILES string of the molecule is CC(C)c1cccc(C2OC(=O)CC(=O)O2)c1. The molecule has 17 heavy (non-hydrogen) atoms. The fourth-order valence-corrected chi connectivity index (χ4v) is 1.66. The molecule has 1 aromatic carbocycles. The summed E-state index contributed by atoms with van der Waals surface area (Å²) in [5, 5.41) is 0. The monoisotopic (exact) mass is 234 g/mol. The minimum absolute atomic E-state index is 0.305. The second-order valence-corrected chi connectivity index (χ2v) is 4.31. The van der Waals surface area contributed by atoms with E-state index in [1.807, 2.05) is 18.2 Å². The Morgan fingerprint density at radius 2 is 1.82 bits per heavy atom. The van der Waals surface area contributed by atoms with Gasteiger partial charge in [-0.15, -0.1) is 0 Å². The quantitative estimate of drug-likeness (QED) is 0.582. The van der Waals surface area contributed by atoms with Crippen molar-refractivity contribution in [1.29, 1.82) is 0 Å². The van der Waals surface area contributed by atoms with Crippen LogP contribution in [0.1, 0.15) is 43.6 Å². The summed E-state index contributed by atoms with van der Waals surface area (Å²) in [6, 6.07) is 7.52. The van der Waals surface area contributed by atoms with Crippen LogP contribution in [0.2, 0.25) is 0 Å². The molecule has 0 N–H and O–H groups in total. The summed E-state index contributed by atoms with van der Waals surface area (Å²) >= 11 is 0. The van der Waals surface area contributed by atoms with Crippen molar-refractivity contribution in [2.75, 3.05) is 0 Å². The molecule has 2 rings (SSSR count). The highest BCUT2D eigenvalue weighted by atomic mass is 16.7. The summed E-state index contributed by atoms with van der Waals surface area (Å²) in [5.74, 6) is -0.715. The van der Waals surface area contributed by atoms with Crippen LogP contribution < -0.4 is 0 Å². The molecule has 90 valence electrons. The minimum atomic E-state index is -0.901. The zero-order valence-electron chi connectivity index (χ0n) is 9.80. The number of carbonyl (C=O) groups is 2. The van der Waals surface area contributed by atoms with E-state index in [4.69, 9.17) is 9.47 Å². The van der Waals surface area contributed by atoms with Crippen LogP contribution in [-0.4, -0.2) is 11.9 Å². The number of esters is 2. The van der Waals surface area contributed by atoms with Gasteiger partial charge >= 0.3 is 11.9 Å². The fourth-order valence-electron chi connectivity index (χ4n) is 1.66. The Labute approximate surface area is 99.5 Å². The van der Waals surface area contributed by atoms with Crippen LogP contribution in [0.4, 0.5) is 0 Å². The number of cyclic esters (lactones) is 2. The van der Waals surface area contributed by atoms with E-state index in [-0.39, 0.29) is 6.42 Å². The van der Waals surface area contributed by atoms with Crippen LogP contribution in [0, 0.1) is 0 Å². The zero-order valence-corrected chi connectivity index (χ0v) is 9.80. The Bertz CT molecular complexity index is 434. The van der Waals surface area contributed by atoms with Crippen LogP contribution in [0.15, 0.2) is 24.3 Å². The van der Waals surface area contributed by atoms with Gasteiger partial charge in [0.2, 0.25) is 0 Å². The van der Waals surface area contributed by atoms with Gasteiger partial charge in [0.05, 0.1) is 0 Å². The van der Waals surface area contributed by atoms with Gasteiger partial charge < -0.3 is 9.47 Å². The van der Waals surface area contributed by atoms with E-state index in [0.29, 0.717) is 11.5 Å². The molecule has 0 radical (unpaired) electrons. The number of hydrogen-bond acceptors (Lipinski definition) is 4. The van der Waals surface area contributed by atoms with Crippen LogP contribution in [0.3, 0.4) is 0 Å². The molecule has 1 aromatic rings. The lowest BCUT2D eigenvalue weighted by molar-refractivity contribution is -0.204. The van der Waals surface area contributed by atoms with Crippen LogP contribution in [-0.2, 0) is 19.1 Å². The number of benzene rings is 1. The molecular formula is C13H14O4. The molecule has 0 aromatic heterocycles. The third-order valence-electron chi connectivity index (χ3n) is 2.62. The van der Waals surface area contributed by atoms with Crippen molar-refractivity contribution in [3.05, 3.63) is 35.4 Å². The van der Waals surface area contributed by atoms with Gasteiger partial charge in [-0.2, -0.15) is 0 Å². The molecule has 0 amide bonds. The second kappa shape index (κ2) is 4.57. The number of ether oxygens (including phenoxy) is 2. The smallest absolute Gasteiger partial charge is 0.320 e. The van der Waals surface area contributed by atoms with E-state index in [1.165, 1.54) is 0 Å². The van der Waals surface area contributed by atoms with Crippen molar-refractivity contribution < 1.29 is 19.1 Å². The van der Waals surface area contributed by atoms with Crippen molar-refractivity contribution in [2.45, 2.75) is 32.5 Å². The minimum Gasteiger partial charge on any atom is -0.420 e. The lowest BCUT2D eigenvalue weighted by atomic mass is 10.0. The van der Waals surface area contributed by atoms with Crippen molar-refractivity contribution in [3.63, 3.8) is 0 Å². The first-order chi connectivity index (χ1) is 8.06. The van der Waals surface area contributed by atoms with Gasteiger partial charge in [-0.25, -0.2) is 0 Å². The van der Waals surface area contributed by atoms with Gasteiger partial charge in [0, 0.05) is 5.56 Å². The molecule has 0 unspecified atom stereocenters. The average molecular weight is 234 g/mol. The molecule has 1 aliphatic rings. The van der Waals surface area contributed by atoms with E-state index in [9.17, 15) is 9.59 Å². The van der Waals surface area contributed by atoms with Gasteiger partial charge in [-0.05, 0) is 17.5 Å². The number of carbonyl (C=O) groups excluding carboxylic acids is 2. The van der Waals surface area contributed by atoms with Crippen molar-refractivity contribution >= 4 is 11.9 Å². The predicted octanol–water partition coefficient (Wildman–Crippen LogP) is 2.30. The molecule has 1 saturated heterocycles. The predicted molar refractivity (Wildman–Crippen MR) is 60.1 cm³/mol. The molecule has 4 heteroatoms. The van der Waals surface area contributed by atoms with Crippen LogP contribution >= 0.6 is 0 Å². The van der Waals surface area contributed by atoms with Gasteiger partial charge in [0.15, 0.2) is 0 Å². The average Bonchev–Trinajstić information content (AvgIpc) is 2.28. The summed E-state index contributed by atoms with van der Waals surface area (Å²) in [7, 11) is 0. The van der Waals surface area contributed by atoms with E-state index >= 15 is 0 Å². The molecule has 0 saturated carbocycles. The third kappa shape index (κ3) is 2.64. The molecule has 1 fully saturated rings. The van der Waals surface area contributed by atoms with E-state index in [1.54, 1.807) is 6.07 Å². The van der Waals surface area contributed by atoms with E-state index < -0.39 is 18.2 Å². The summed E-state index contributed by atoms with van der Waals surface area (Å²) < 4.78 is 9.99. The highest BCUT2D eigenvalue weighted by molar-refractivity contribution is 5.92. The fraction of sp³-hybridized carbons (Fsp3) is 0.385. The standard InChI is InChI=1S/C13H14O4/c1-8(2)9-4-3-5-10(6-9)13-16-11(14)7-12(15)17-13/h3-6,8,13H,7H2,1-2H3. The number of rotatable bonds is 2. The topological polar surface area (TPSA) is 52.6 Å². The van der Waals surface area contributed by atoms with Crippen LogP contribution in [0.25, 0.3) is 0 Å². The van der Waals surface area contributed by atoms with Crippen molar-refractivity contribution in [3.8, 4) is 0 Å². The van der Waals surface area contributed by atoms with Gasteiger partial charge in [0.25, 0.3) is 6.29 Å². The van der Waals surface area contributed by atoms with Gasteiger partial charge in [0.1, 0.15) is 6.42 Å². The Kier molecular flexibility index (Phi) is 3.13. The molecule has 0 bridgehead atoms. The van der Waals surface area contributed by atoms with Gasteiger partial charge in [-0.3, -0.25) is 9.59 Å². The molecule has 0 aliphatic carbocycles. The summed E-state index contributed by atoms with van der Waals surface area (Å²) in [4.78, 5) is 22.3. The lowest BCUT2D eigenvalue weighted by Crippen LogP contribution is -2.26. The van der Waals surface area contributed by atoms with Crippen LogP contribution in [0.5, 0.6) is 0 Å². The highest BCUT2D eigenvalue weighted by Gasteiger charge is 2.29. The molecule has 0 atom stereocenters. The van der Waals surface area contributed by atoms with Gasteiger partial charge in [-0.1, -0.05) is 32.0 Å². The summed E-state index contributed by atoms with van der Waals surface area (Å²) in [6.45, 7) is 4.13. The first-order valence-electron chi connectivity index (χ1n) is 5.55. The third-order valence-corrected chi connectivity index (χ3v) is 2.62. The maximum Gasteiger partial charge on any atom is 0.320 e. The zero-order chi connectivity index (χ0) is 12.4. The maximum atomic E-state index is 11.2. The molecule has 4 nitrogen and oxygen atoms in total. The maximum absolute atomic E-state index is 11.2. The van der Waals surface area contributed by atoms with E-state index in [2.05, 4.69) is 13.8 Å². The first-order valence-corrected chi connectivity index (χ1v) is 5.55. The van der Waals surface area contributed by atoms with Crippen molar-refractivity contribution in [2.24, 2.45) is 0 Å². The molecule has 1 heterocycles. The Morgan fingerprint density at radius 3 is 2.41 bits per heavy atom. The summed E-state index contributed by atoms with van der Waals surface area (Å²) in [5.41, 5.74) is 1.80. The molecule has 0 spiro atoms. The Morgan fingerprint density at radius 1 is 1.18 bits per heavy atom. The largest absolute Gasteiger partial charge is 0.420 e. The summed E-state index contributed by atoms with van der Waals surface area (Å²) in [6.07, 6.45) is -1.21. The first kappa shape index (κ1) is 11.6. The second-order valence-electron chi connectivity index (χ2n) is 4.31. The van der Waals surface area contributed by atoms with E-state index in [0.717, 1.165) is 5.56 Å². The van der Waals surface area contributed by atoms with Crippen molar-refractivity contribution in [1.82, 2.24) is 0 Å². The molecular weight excluding hydrogens is 220 g/mol. The number of hydrogen-bond donors (Lipinski definition) is 0. The lowest BCUT2D eigenvalue weighted by Gasteiger charge is -2.23. The Balaban J connectivity index is 2.24. The normalized spacial score (nSPS) is 16.9. The molecule has 1 aliphatic heterocycles. The highest BCUT2D eigenvalue weighted by Crippen LogP contribution is 2.26.